The van der Waals surface area contributed by atoms with E-state index in [-0.39, 0.29) is 11.4 Å². The summed E-state index contributed by atoms with van der Waals surface area (Å²) in [7, 11) is 0. The fourth-order valence-electron chi connectivity index (χ4n) is 2.59. The number of amides is 1. The summed E-state index contributed by atoms with van der Waals surface area (Å²) >= 11 is 1.43. The number of ether oxygens (including phenoxy) is 1. The molecule has 1 amide bonds. The van der Waals surface area contributed by atoms with Gasteiger partial charge in [0.2, 0.25) is 0 Å². The zero-order valence-corrected chi connectivity index (χ0v) is 16.1. The second kappa shape index (κ2) is 7.51. The fraction of sp³-hybridized carbons (Fsp3) is 0.167. The van der Waals surface area contributed by atoms with Crippen LogP contribution in [-0.2, 0) is 0 Å². The van der Waals surface area contributed by atoms with Crippen molar-refractivity contribution in [3.63, 3.8) is 0 Å². The molecule has 0 aliphatic rings. The van der Waals surface area contributed by atoms with Crippen molar-refractivity contribution in [3.05, 3.63) is 53.1 Å². The highest BCUT2D eigenvalue weighted by molar-refractivity contribution is 7.13. The molecule has 4 aromatic heterocycles. The van der Waals surface area contributed by atoms with Gasteiger partial charge in [0.15, 0.2) is 16.6 Å². The van der Waals surface area contributed by atoms with Gasteiger partial charge in [-0.15, -0.1) is 11.3 Å². The van der Waals surface area contributed by atoms with Crippen LogP contribution >= 0.6 is 11.3 Å². The molecule has 8 nitrogen and oxygen atoms in total. The van der Waals surface area contributed by atoms with Crippen LogP contribution in [0.2, 0.25) is 0 Å². The van der Waals surface area contributed by atoms with E-state index in [0.29, 0.717) is 27.6 Å². The lowest BCUT2D eigenvalue weighted by Gasteiger charge is -2.10. The molecule has 4 heterocycles. The number of rotatable bonds is 4. The molecule has 0 aliphatic carbocycles. The van der Waals surface area contributed by atoms with Crippen molar-refractivity contribution in [1.82, 2.24) is 24.6 Å². The van der Waals surface area contributed by atoms with Crippen molar-refractivity contribution in [2.24, 2.45) is 0 Å². The number of carbonyl (C=O) groups is 1. The lowest BCUT2D eigenvalue weighted by Crippen LogP contribution is -2.25. The molecular formula is C18H14F2N6O2S. The Kier molecular flexibility index (Phi) is 4.89. The summed E-state index contributed by atoms with van der Waals surface area (Å²) in [4.78, 5) is 28.9. The number of aryl methyl sites for hydroxylation is 2. The van der Waals surface area contributed by atoms with Crippen LogP contribution in [0.1, 0.15) is 23.5 Å². The molecule has 0 aliphatic heterocycles. The second-order valence-electron chi connectivity index (χ2n) is 6.07. The van der Waals surface area contributed by atoms with Gasteiger partial charge in [-0.25, -0.2) is 38.9 Å². The molecule has 0 fully saturated rings. The van der Waals surface area contributed by atoms with E-state index in [9.17, 15) is 13.6 Å². The minimum atomic E-state index is -2.67. The maximum atomic E-state index is 12.8. The van der Waals surface area contributed by atoms with Crippen molar-refractivity contribution in [2.75, 3.05) is 5.43 Å². The van der Waals surface area contributed by atoms with Crippen molar-refractivity contribution in [1.29, 1.82) is 0 Å². The number of nitrogens with zero attached hydrogens (tertiary/aromatic N) is 5. The molecule has 0 saturated heterocycles. The van der Waals surface area contributed by atoms with E-state index >= 15 is 0 Å². The summed E-state index contributed by atoms with van der Waals surface area (Å²) in [5.41, 5.74) is 4.29. The number of thiazole rings is 1. The number of hydrogen-bond acceptors (Lipinski definition) is 7. The molecular weight excluding hydrogens is 402 g/mol. The van der Waals surface area contributed by atoms with E-state index in [1.54, 1.807) is 6.92 Å². The summed E-state index contributed by atoms with van der Waals surface area (Å²) in [6.45, 7) is 3.57. The first-order valence-electron chi connectivity index (χ1n) is 8.42. The van der Waals surface area contributed by atoms with Gasteiger partial charge in [0.05, 0.1) is 22.9 Å². The van der Waals surface area contributed by atoms with E-state index < -0.39 is 12.5 Å². The van der Waals surface area contributed by atoms with E-state index in [1.165, 1.54) is 46.6 Å². The second-order valence-corrected chi connectivity index (χ2v) is 6.92. The predicted molar refractivity (Wildman–Crippen MR) is 103 cm³/mol. The zero-order valence-electron chi connectivity index (χ0n) is 15.3. The Balaban J connectivity index is 1.49. The number of halogens is 2. The highest BCUT2D eigenvalue weighted by Gasteiger charge is 2.15. The number of fused-ring (bicyclic) bond motifs is 1. The predicted octanol–water partition coefficient (Wildman–Crippen LogP) is 4.25. The first-order chi connectivity index (χ1) is 13.9. The number of pyridine rings is 1. The monoisotopic (exact) mass is 416 g/mol. The standard InChI is InChI=1S/C18H14F2N6O2S/c1-9-8-29-17(22-9)16-21-7-14(10(2)23-16)28-18(27)25-26-6-5-11-13(26)4-3-12(24-11)15(19)20/h3-8,15H,1-2H3,(H,25,27). The van der Waals surface area contributed by atoms with E-state index in [2.05, 4.69) is 25.4 Å². The Morgan fingerprint density at radius 3 is 2.72 bits per heavy atom. The number of nitrogens with one attached hydrogen (secondary N) is 1. The van der Waals surface area contributed by atoms with Gasteiger partial charge in [0, 0.05) is 17.3 Å². The fourth-order valence-corrected chi connectivity index (χ4v) is 3.33. The van der Waals surface area contributed by atoms with Gasteiger partial charge < -0.3 is 4.74 Å². The molecule has 4 aromatic rings. The van der Waals surface area contributed by atoms with E-state index in [1.807, 2.05) is 12.3 Å². The average molecular weight is 416 g/mol. The largest absolute Gasteiger partial charge is 0.432 e. The minimum Gasteiger partial charge on any atom is -0.406 e. The molecule has 0 unspecified atom stereocenters. The maximum Gasteiger partial charge on any atom is 0.432 e. The highest BCUT2D eigenvalue weighted by atomic mass is 32.1. The lowest BCUT2D eigenvalue weighted by atomic mass is 10.3. The molecule has 0 atom stereocenters. The molecule has 0 bridgehead atoms. The normalized spacial score (nSPS) is 11.2. The van der Waals surface area contributed by atoms with E-state index in [0.717, 1.165) is 5.69 Å². The third kappa shape index (κ3) is 3.90. The Hall–Kier alpha value is -3.47. The van der Waals surface area contributed by atoms with Crippen molar-refractivity contribution >= 4 is 28.5 Å². The van der Waals surface area contributed by atoms with Crippen LogP contribution in [0.15, 0.2) is 36.0 Å². The van der Waals surface area contributed by atoms with Crippen molar-refractivity contribution < 1.29 is 18.3 Å². The smallest absolute Gasteiger partial charge is 0.406 e. The van der Waals surface area contributed by atoms with Crippen LogP contribution in [0.25, 0.3) is 21.9 Å². The van der Waals surface area contributed by atoms with Gasteiger partial charge in [-0.1, -0.05) is 0 Å². The average Bonchev–Trinajstić information content (AvgIpc) is 3.29. The highest BCUT2D eigenvalue weighted by Crippen LogP contribution is 2.24. The SMILES string of the molecule is Cc1csc(-c2ncc(OC(=O)Nn3ccc4nc(C(F)F)ccc43)c(C)n2)n1. The van der Waals surface area contributed by atoms with Crippen molar-refractivity contribution in [3.8, 4) is 16.6 Å². The summed E-state index contributed by atoms with van der Waals surface area (Å²) in [5, 5.41) is 2.57. The molecule has 4 rings (SSSR count). The van der Waals surface area contributed by atoms with Crippen LogP contribution in [0.4, 0.5) is 13.6 Å². The van der Waals surface area contributed by atoms with Crippen LogP contribution < -0.4 is 10.2 Å². The zero-order chi connectivity index (χ0) is 20.5. The number of aromatic nitrogens is 5. The van der Waals surface area contributed by atoms with Gasteiger partial charge >= 0.3 is 6.09 Å². The quantitative estimate of drug-likeness (QED) is 0.535. The van der Waals surface area contributed by atoms with Crippen LogP contribution in [0, 0.1) is 13.8 Å². The van der Waals surface area contributed by atoms with Crippen LogP contribution in [0.3, 0.4) is 0 Å². The summed E-state index contributed by atoms with van der Waals surface area (Å²) < 4.78 is 32.1. The molecule has 0 saturated carbocycles. The van der Waals surface area contributed by atoms with Gasteiger partial charge in [0.25, 0.3) is 6.43 Å². The number of alkyl halides is 2. The lowest BCUT2D eigenvalue weighted by molar-refractivity contribution is 0.146. The van der Waals surface area contributed by atoms with Gasteiger partial charge in [-0.05, 0) is 32.0 Å². The molecule has 11 heteroatoms. The topological polar surface area (TPSA) is 94.8 Å². The molecule has 1 N–H and O–H groups in total. The Bertz CT molecular complexity index is 1210. The van der Waals surface area contributed by atoms with Gasteiger partial charge in [-0.3, -0.25) is 4.68 Å². The Morgan fingerprint density at radius 2 is 2.03 bits per heavy atom. The third-order valence-electron chi connectivity index (χ3n) is 3.95. The maximum absolute atomic E-state index is 12.8. The summed E-state index contributed by atoms with van der Waals surface area (Å²) in [5.74, 6) is 0.639. The first-order valence-corrected chi connectivity index (χ1v) is 9.30. The molecule has 0 aromatic carbocycles. The molecule has 148 valence electrons. The van der Waals surface area contributed by atoms with E-state index in [4.69, 9.17) is 4.74 Å². The number of hydrogen-bond donors (Lipinski definition) is 1. The Labute approximate surface area is 167 Å². The minimum absolute atomic E-state index is 0.189. The molecule has 29 heavy (non-hydrogen) atoms. The first kappa shape index (κ1) is 18.9. The summed E-state index contributed by atoms with van der Waals surface area (Å²) in [6, 6.07) is 4.16. The van der Waals surface area contributed by atoms with Gasteiger partial charge in [-0.2, -0.15) is 0 Å². The van der Waals surface area contributed by atoms with Gasteiger partial charge in [0.1, 0.15) is 5.69 Å². The van der Waals surface area contributed by atoms with Crippen LogP contribution in [-0.4, -0.2) is 30.7 Å². The Morgan fingerprint density at radius 1 is 1.21 bits per heavy atom. The van der Waals surface area contributed by atoms with Crippen molar-refractivity contribution in [2.45, 2.75) is 20.3 Å². The molecule has 0 spiro atoms. The third-order valence-corrected chi connectivity index (χ3v) is 4.90. The molecule has 0 radical (unpaired) electrons. The number of carbonyl (C=O) groups excluding carboxylic acids is 1. The summed E-state index contributed by atoms with van der Waals surface area (Å²) in [6.07, 6.45) is -0.561. The van der Waals surface area contributed by atoms with Crippen LogP contribution in [0.5, 0.6) is 5.75 Å².